The molecule has 2 aromatic rings. The molecule has 2 heteroatoms. The molecule has 3 rings (SSSR count). The van der Waals surface area contributed by atoms with E-state index in [2.05, 4.69) is 12.1 Å². The molecular weight excluding hydrogens is 260 g/mol. The molecule has 2 atom stereocenters. The van der Waals surface area contributed by atoms with Gasteiger partial charge in [0.1, 0.15) is 0 Å². The number of ether oxygens (including phenoxy) is 1. The van der Waals surface area contributed by atoms with Crippen LogP contribution in [0.15, 0.2) is 60.7 Å². The number of esters is 1. The van der Waals surface area contributed by atoms with Gasteiger partial charge in [0, 0.05) is 5.92 Å². The topological polar surface area (TPSA) is 26.3 Å². The lowest BCUT2D eigenvalue weighted by Gasteiger charge is -2.34. The number of hydrogen-bond acceptors (Lipinski definition) is 2. The average molecular weight is 280 g/mol. The van der Waals surface area contributed by atoms with Crippen molar-refractivity contribution < 1.29 is 9.53 Å². The highest BCUT2D eigenvalue weighted by atomic mass is 16.5. The molecule has 1 saturated heterocycles. The standard InChI is InChI=1S/C19H20O2/c1-19(16-11-6-3-7-12-16)17(13-8-14-21-18(19)20)15-9-4-2-5-10-15/h2-7,9-12,17H,8,13-14H2,1H3. The molecule has 0 N–H and O–H groups in total. The van der Waals surface area contributed by atoms with Gasteiger partial charge in [-0.3, -0.25) is 4.79 Å². The van der Waals surface area contributed by atoms with Crippen molar-refractivity contribution in [3.05, 3.63) is 71.8 Å². The van der Waals surface area contributed by atoms with Gasteiger partial charge >= 0.3 is 5.97 Å². The summed E-state index contributed by atoms with van der Waals surface area (Å²) in [4.78, 5) is 12.7. The third-order valence-electron chi connectivity index (χ3n) is 4.57. The summed E-state index contributed by atoms with van der Waals surface area (Å²) in [5, 5.41) is 0. The highest BCUT2D eigenvalue weighted by Gasteiger charge is 2.46. The Hall–Kier alpha value is -2.09. The van der Waals surface area contributed by atoms with E-state index in [-0.39, 0.29) is 11.9 Å². The van der Waals surface area contributed by atoms with E-state index in [4.69, 9.17) is 4.74 Å². The van der Waals surface area contributed by atoms with Gasteiger partial charge in [-0.15, -0.1) is 0 Å². The Bertz CT molecular complexity index is 606. The van der Waals surface area contributed by atoms with Crippen LogP contribution in [0.3, 0.4) is 0 Å². The lowest BCUT2D eigenvalue weighted by molar-refractivity contribution is -0.149. The second-order valence-electron chi connectivity index (χ2n) is 5.81. The first-order valence-electron chi connectivity index (χ1n) is 7.50. The first-order chi connectivity index (χ1) is 10.2. The molecule has 0 aromatic heterocycles. The van der Waals surface area contributed by atoms with E-state index in [0.717, 1.165) is 18.4 Å². The molecule has 1 aliphatic rings. The second-order valence-corrected chi connectivity index (χ2v) is 5.81. The molecule has 0 amide bonds. The van der Waals surface area contributed by atoms with Gasteiger partial charge in [0.05, 0.1) is 12.0 Å². The predicted molar refractivity (Wildman–Crippen MR) is 83.2 cm³/mol. The molecule has 1 aliphatic heterocycles. The minimum atomic E-state index is -0.626. The van der Waals surface area contributed by atoms with Crippen molar-refractivity contribution >= 4 is 5.97 Å². The summed E-state index contributed by atoms with van der Waals surface area (Å²) in [6.07, 6.45) is 1.87. The van der Waals surface area contributed by atoms with Crippen LogP contribution in [0.1, 0.15) is 36.8 Å². The van der Waals surface area contributed by atoms with Crippen LogP contribution in [0.5, 0.6) is 0 Å². The van der Waals surface area contributed by atoms with E-state index in [1.54, 1.807) is 0 Å². The van der Waals surface area contributed by atoms with Gasteiger partial charge in [-0.1, -0.05) is 60.7 Å². The number of cyclic esters (lactones) is 1. The van der Waals surface area contributed by atoms with Crippen LogP contribution < -0.4 is 0 Å². The highest BCUT2D eigenvalue weighted by Crippen LogP contribution is 2.44. The zero-order valence-corrected chi connectivity index (χ0v) is 12.3. The van der Waals surface area contributed by atoms with Gasteiger partial charge in [-0.25, -0.2) is 0 Å². The Labute approximate surface area is 125 Å². The minimum absolute atomic E-state index is 0.111. The molecule has 0 radical (unpaired) electrons. The van der Waals surface area contributed by atoms with E-state index >= 15 is 0 Å². The normalized spacial score (nSPS) is 26.0. The third-order valence-corrected chi connectivity index (χ3v) is 4.57. The van der Waals surface area contributed by atoms with Gasteiger partial charge in [0.2, 0.25) is 0 Å². The molecule has 2 aromatic carbocycles. The van der Waals surface area contributed by atoms with Crippen molar-refractivity contribution in [2.24, 2.45) is 0 Å². The zero-order chi connectivity index (χ0) is 14.7. The number of carbonyl (C=O) groups is 1. The van der Waals surface area contributed by atoms with Crippen LogP contribution in [-0.2, 0) is 14.9 Å². The van der Waals surface area contributed by atoms with Gasteiger partial charge in [0.15, 0.2) is 0 Å². The highest BCUT2D eigenvalue weighted by molar-refractivity contribution is 5.84. The summed E-state index contributed by atoms with van der Waals surface area (Å²) in [6.45, 7) is 2.54. The first kappa shape index (κ1) is 13.9. The molecule has 1 fully saturated rings. The third kappa shape index (κ3) is 2.46. The second kappa shape index (κ2) is 5.72. The van der Waals surface area contributed by atoms with Crippen molar-refractivity contribution in [1.82, 2.24) is 0 Å². The number of rotatable bonds is 2. The number of hydrogen-bond donors (Lipinski definition) is 0. The summed E-state index contributed by atoms with van der Waals surface area (Å²) in [6, 6.07) is 20.3. The summed E-state index contributed by atoms with van der Waals surface area (Å²) in [7, 11) is 0. The van der Waals surface area contributed by atoms with Gasteiger partial charge in [-0.2, -0.15) is 0 Å². The van der Waals surface area contributed by atoms with Crippen LogP contribution in [0.25, 0.3) is 0 Å². The summed E-state index contributed by atoms with van der Waals surface area (Å²) in [5.41, 5.74) is 1.62. The van der Waals surface area contributed by atoms with Crippen LogP contribution in [-0.4, -0.2) is 12.6 Å². The SMILES string of the molecule is CC1(c2ccccc2)C(=O)OCCCC1c1ccccc1. The molecule has 2 unspecified atom stereocenters. The molecule has 0 spiro atoms. The molecule has 21 heavy (non-hydrogen) atoms. The monoisotopic (exact) mass is 280 g/mol. The summed E-state index contributed by atoms with van der Waals surface area (Å²) < 4.78 is 5.49. The summed E-state index contributed by atoms with van der Waals surface area (Å²) >= 11 is 0. The van der Waals surface area contributed by atoms with Crippen LogP contribution in [0.4, 0.5) is 0 Å². The maximum absolute atomic E-state index is 12.7. The maximum atomic E-state index is 12.7. The van der Waals surface area contributed by atoms with Crippen molar-refractivity contribution in [2.45, 2.75) is 31.1 Å². The van der Waals surface area contributed by atoms with Crippen molar-refractivity contribution in [3.8, 4) is 0 Å². The van der Waals surface area contributed by atoms with E-state index in [0.29, 0.717) is 6.61 Å². The van der Waals surface area contributed by atoms with Crippen LogP contribution in [0.2, 0.25) is 0 Å². The Morgan fingerprint density at radius 3 is 2.29 bits per heavy atom. The van der Waals surface area contributed by atoms with Crippen LogP contribution in [0, 0.1) is 0 Å². The average Bonchev–Trinajstić information content (AvgIpc) is 2.70. The van der Waals surface area contributed by atoms with Crippen LogP contribution >= 0.6 is 0 Å². The van der Waals surface area contributed by atoms with Crippen molar-refractivity contribution in [1.29, 1.82) is 0 Å². The van der Waals surface area contributed by atoms with Gasteiger partial charge in [-0.05, 0) is 30.9 Å². The first-order valence-corrected chi connectivity index (χ1v) is 7.50. The molecule has 2 nitrogen and oxygen atoms in total. The minimum Gasteiger partial charge on any atom is -0.465 e. The Kier molecular flexibility index (Phi) is 3.78. The zero-order valence-electron chi connectivity index (χ0n) is 12.3. The molecule has 0 bridgehead atoms. The fourth-order valence-corrected chi connectivity index (χ4v) is 3.32. The van der Waals surface area contributed by atoms with E-state index in [1.165, 1.54) is 5.56 Å². The van der Waals surface area contributed by atoms with Gasteiger partial charge in [0.25, 0.3) is 0 Å². The smallest absolute Gasteiger partial charge is 0.316 e. The largest absolute Gasteiger partial charge is 0.465 e. The fraction of sp³-hybridized carbons (Fsp3) is 0.316. The molecule has 108 valence electrons. The number of benzene rings is 2. The Balaban J connectivity index is 2.12. The predicted octanol–water partition coefficient (Wildman–Crippen LogP) is 4.07. The number of carbonyl (C=O) groups excluding carboxylic acids is 1. The van der Waals surface area contributed by atoms with E-state index < -0.39 is 5.41 Å². The lowest BCUT2D eigenvalue weighted by atomic mass is 9.67. The van der Waals surface area contributed by atoms with Crippen molar-refractivity contribution in [2.75, 3.05) is 6.61 Å². The fourth-order valence-electron chi connectivity index (χ4n) is 3.32. The Morgan fingerprint density at radius 2 is 1.62 bits per heavy atom. The maximum Gasteiger partial charge on any atom is 0.316 e. The Morgan fingerprint density at radius 1 is 1.00 bits per heavy atom. The molecule has 0 saturated carbocycles. The lowest BCUT2D eigenvalue weighted by Crippen LogP contribution is -2.39. The quantitative estimate of drug-likeness (QED) is 0.775. The van der Waals surface area contributed by atoms with E-state index in [1.807, 2.05) is 55.5 Å². The summed E-state index contributed by atoms with van der Waals surface area (Å²) in [5.74, 6) is 0.0381. The van der Waals surface area contributed by atoms with E-state index in [9.17, 15) is 4.79 Å². The molecular formula is C19H20O2. The van der Waals surface area contributed by atoms with Crippen molar-refractivity contribution in [3.63, 3.8) is 0 Å². The molecule has 0 aliphatic carbocycles. The molecule has 1 heterocycles. The van der Waals surface area contributed by atoms with Gasteiger partial charge < -0.3 is 4.74 Å².